The quantitative estimate of drug-likeness (QED) is 0.199. The highest BCUT2D eigenvalue weighted by Crippen LogP contribution is 2.46. The number of likely N-dealkylation sites (tertiary alicyclic amines) is 1. The molecule has 1 N–H and O–H groups in total. The minimum absolute atomic E-state index is 0.00336. The van der Waals surface area contributed by atoms with Crippen LogP contribution in [0.15, 0.2) is 36.7 Å². The summed E-state index contributed by atoms with van der Waals surface area (Å²) < 4.78 is 24.2. The number of pyridine rings is 1. The van der Waals surface area contributed by atoms with E-state index in [0.717, 1.165) is 29.4 Å². The number of fused-ring (bicyclic) bond motifs is 4. The molecule has 0 atom stereocenters. The minimum Gasteiger partial charge on any atom is -0.381 e. The van der Waals surface area contributed by atoms with Gasteiger partial charge in [0, 0.05) is 66.3 Å². The van der Waals surface area contributed by atoms with Gasteiger partial charge in [-0.25, -0.2) is 9.37 Å². The Labute approximate surface area is 282 Å². The molecule has 2 aliphatic rings. The predicted molar refractivity (Wildman–Crippen MR) is 185 cm³/mol. The van der Waals surface area contributed by atoms with Crippen LogP contribution in [0.5, 0.6) is 0 Å². The fourth-order valence-corrected chi connectivity index (χ4v) is 7.47. The van der Waals surface area contributed by atoms with Crippen LogP contribution in [-0.2, 0) is 9.53 Å². The number of carbonyl (C=O) groups is 1. The van der Waals surface area contributed by atoms with Gasteiger partial charge in [0.25, 0.3) is 0 Å². The highest BCUT2D eigenvalue weighted by molar-refractivity contribution is 6.36. The van der Waals surface area contributed by atoms with Crippen LogP contribution >= 0.6 is 23.2 Å². The fraction of sp³-hybridized carbons (Fsp3) is 0.412. The number of nitrogens with zero attached hydrogens (tertiary/aromatic N) is 7. The Morgan fingerprint density at radius 2 is 1.87 bits per heavy atom. The number of aromatic nitrogens is 5. The smallest absolute Gasteiger partial charge is 0.246 e. The molecule has 0 radical (unpaired) electrons. The lowest BCUT2D eigenvalue weighted by Gasteiger charge is -2.52. The summed E-state index contributed by atoms with van der Waals surface area (Å²) in [5.74, 6) is 0.141. The van der Waals surface area contributed by atoms with Gasteiger partial charge < -0.3 is 19.4 Å². The summed E-state index contributed by atoms with van der Waals surface area (Å²) >= 11 is 13.6. The van der Waals surface area contributed by atoms with Crippen LogP contribution in [0.4, 0.5) is 10.2 Å². The first-order valence-corrected chi connectivity index (χ1v) is 16.5. The van der Waals surface area contributed by atoms with Crippen molar-refractivity contribution in [1.29, 1.82) is 0 Å². The molecule has 246 valence electrons. The van der Waals surface area contributed by atoms with Crippen molar-refractivity contribution < 1.29 is 13.9 Å². The van der Waals surface area contributed by atoms with Gasteiger partial charge in [0.2, 0.25) is 5.91 Å². The molecule has 0 unspecified atom stereocenters. The summed E-state index contributed by atoms with van der Waals surface area (Å²) in [6.07, 6.45) is 8.20. The van der Waals surface area contributed by atoms with Crippen LogP contribution in [-0.4, -0.2) is 100 Å². The summed E-state index contributed by atoms with van der Waals surface area (Å²) in [6.45, 7) is 7.09. The van der Waals surface area contributed by atoms with Gasteiger partial charge in [-0.2, -0.15) is 10.2 Å². The van der Waals surface area contributed by atoms with Crippen LogP contribution in [0.25, 0.3) is 43.8 Å². The number of hydrogen-bond donors (Lipinski definition) is 1. The second kappa shape index (κ2) is 12.0. The van der Waals surface area contributed by atoms with E-state index in [1.165, 1.54) is 0 Å². The number of carbonyl (C=O) groups excluding carboxylic acids is 1. The van der Waals surface area contributed by atoms with Gasteiger partial charge in [-0.15, -0.1) is 0 Å². The van der Waals surface area contributed by atoms with Crippen molar-refractivity contribution in [2.24, 2.45) is 0 Å². The summed E-state index contributed by atoms with van der Waals surface area (Å²) in [6, 6.07) is 3.59. The topological polar surface area (TPSA) is 95.4 Å². The summed E-state index contributed by atoms with van der Waals surface area (Å²) in [5.41, 5.74) is 3.19. The Hall–Kier alpha value is -3.77. The molecule has 0 saturated carbocycles. The molecule has 7 rings (SSSR count). The first-order valence-electron chi connectivity index (χ1n) is 15.7. The summed E-state index contributed by atoms with van der Waals surface area (Å²) in [7, 11) is 5.74. The number of piperidine rings is 1. The maximum Gasteiger partial charge on any atom is 0.246 e. The third kappa shape index (κ3) is 5.24. The second-order valence-corrected chi connectivity index (χ2v) is 13.9. The van der Waals surface area contributed by atoms with Crippen molar-refractivity contribution in [1.82, 2.24) is 34.8 Å². The fourth-order valence-electron chi connectivity index (χ4n) is 6.98. The second-order valence-electron chi connectivity index (χ2n) is 13.1. The van der Waals surface area contributed by atoms with Crippen molar-refractivity contribution in [3.05, 3.63) is 58.1 Å². The molecule has 3 aromatic heterocycles. The van der Waals surface area contributed by atoms with Crippen LogP contribution in [0.3, 0.4) is 0 Å². The Kier molecular flexibility index (Phi) is 8.15. The van der Waals surface area contributed by atoms with E-state index in [1.54, 1.807) is 37.6 Å². The number of halogens is 3. The number of hydrogen-bond acceptors (Lipinski definition) is 7. The number of ether oxygens (including phenoxy) is 1. The molecule has 2 saturated heterocycles. The van der Waals surface area contributed by atoms with Crippen LogP contribution in [0.2, 0.25) is 10.0 Å². The molecular weight excluding hydrogens is 642 g/mol. The average Bonchev–Trinajstić information content (AvgIpc) is 3.69. The molecule has 2 fully saturated rings. The summed E-state index contributed by atoms with van der Waals surface area (Å²) in [4.78, 5) is 24.0. The first kappa shape index (κ1) is 31.8. The molecule has 0 bridgehead atoms. The van der Waals surface area contributed by atoms with Gasteiger partial charge in [0.05, 0.1) is 52.0 Å². The van der Waals surface area contributed by atoms with Gasteiger partial charge in [-0.1, -0.05) is 29.3 Å². The number of anilines is 1. The molecule has 13 heteroatoms. The van der Waals surface area contributed by atoms with E-state index >= 15 is 4.39 Å². The zero-order chi connectivity index (χ0) is 33.2. The lowest BCUT2D eigenvalue weighted by molar-refractivity contribution is -0.127. The maximum absolute atomic E-state index is 17.1. The van der Waals surface area contributed by atoms with E-state index in [0.29, 0.717) is 65.4 Å². The Bertz CT molecular complexity index is 2060. The number of methoxy groups -OCH3 is 1. The van der Waals surface area contributed by atoms with Crippen LogP contribution < -0.4 is 4.90 Å². The lowest BCUT2D eigenvalue weighted by atomic mass is 9.90. The number of H-pyrrole nitrogens is 1. The van der Waals surface area contributed by atoms with E-state index < -0.39 is 5.82 Å². The number of nitrogens with one attached hydrogen (secondary N) is 1. The van der Waals surface area contributed by atoms with Crippen molar-refractivity contribution in [3.8, 4) is 11.1 Å². The molecule has 0 spiro atoms. The van der Waals surface area contributed by atoms with Gasteiger partial charge in [0.15, 0.2) is 5.82 Å². The minimum atomic E-state index is -0.518. The Morgan fingerprint density at radius 3 is 2.57 bits per heavy atom. The van der Waals surface area contributed by atoms with Gasteiger partial charge in [-0.3, -0.25) is 14.6 Å². The van der Waals surface area contributed by atoms with Crippen molar-refractivity contribution in [2.75, 3.05) is 58.9 Å². The van der Waals surface area contributed by atoms with E-state index in [-0.39, 0.29) is 33.6 Å². The number of likely N-dealkylation sites (N-methyl/N-ethyl adjacent to an activating group) is 1. The van der Waals surface area contributed by atoms with E-state index in [2.05, 4.69) is 41.0 Å². The molecule has 10 nitrogen and oxygen atoms in total. The highest BCUT2D eigenvalue weighted by atomic mass is 35.5. The van der Waals surface area contributed by atoms with Crippen LogP contribution in [0.1, 0.15) is 31.4 Å². The largest absolute Gasteiger partial charge is 0.381 e. The molecule has 5 heterocycles. The molecule has 2 aliphatic heterocycles. The number of rotatable bonds is 7. The first-order chi connectivity index (χ1) is 22.5. The summed E-state index contributed by atoms with van der Waals surface area (Å²) in [5, 5.41) is 14.9. The standard InChI is InChI=1S/C34H37Cl2FN8O2/c1-19-24(35)14-26-22(15-38-41-26)28(19)29-25(36)13-21-31(30(29)37)40-33(44-17-34(2,18-44)42(3)4)23-16-39-45(32(21)23)20-8-10-43(11-9-20)27(46)7-6-12-47-5/h6-7,13-16,20H,8-12,17-18H2,1-5H3,(H,38,41)/b7-6+. The third-order valence-electron chi connectivity index (χ3n) is 9.98. The van der Waals surface area contributed by atoms with E-state index in [4.69, 9.17) is 38.0 Å². The normalized spacial score (nSPS) is 17.2. The maximum atomic E-state index is 17.1. The van der Waals surface area contributed by atoms with Crippen molar-refractivity contribution in [2.45, 2.75) is 38.3 Å². The molecule has 2 aromatic carbocycles. The van der Waals surface area contributed by atoms with E-state index in [1.807, 2.05) is 22.7 Å². The zero-order valence-electron chi connectivity index (χ0n) is 27.1. The van der Waals surface area contributed by atoms with Gasteiger partial charge in [-0.05, 0) is 58.5 Å². The Balaban J connectivity index is 1.38. The average molecular weight is 680 g/mol. The zero-order valence-corrected chi connectivity index (χ0v) is 28.6. The van der Waals surface area contributed by atoms with E-state index in [9.17, 15) is 4.79 Å². The Morgan fingerprint density at radius 1 is 1.13 bits per heavy atom. The lowest BCUT2D eigenvalue weighted by Crippen LogP contribution is -2.67. The van der Waals surface area contributed by atoms with Gasteiger partial charge >= 0.3 is 0 Å². The number of aromatic amines is 1. The van der Waals surface area contributed by atoms with Crippen LogP contribution in [0, 0.1) is 12.7 Å². The molecule has 47 heavy (non-hydrogen) atoms. The third-order valence-corrected chi connectivity index (χ3v) is 10.7. The molecule has 5 aromatic rings. The predicted octanol–water partition coefficient (Wildman–Crippen LogP) is 6.39. The number of benzene rings is 2. The monoisotopic (exact) mass is 678 g/mol. The molecular formula is C34H37Cl2FN8O2. The van der Waals surface area contributed by atoms with Gasteiger partial charge in [0.1, 0.15) is 11.3 Å². The van der Waals surface area contributed by atoms with Crippen molar-refractivity contribution >= 4 is 67.6 Å². The molecule has 1 amide bonds. The number of amides is 1. The SMILES string of the molecule is COC/C=C/C(=O)N1CCC(n2ncc3c(N4CC(C)(N(C)C)C4)nc4c(F)c(-c5c(C)c(Cl)cc6[nH]ncc56)c(Cl)cc4c32)CC1. The molecule has 0 aliphatic carbocycles. The van der Waals surface area contributed by atoms with Crippen molar-refractivity contribution in [3.63, 3.8) is 0 Å². The highest BCUT2D eigenvalue weighted by Gasteiger charge is 2.42.